The van der Waals surface area contributed by atoms with Gasteiger partial charge in [-0.15, -0.1) is 0 Å². The van der Waals surface area contributed by atoms with E-state index in [2.05, 4.69) is 5.32 Å². The molecule has 0 heterocycles. The molecule has 0 saturated heterocycles. The summed E-state index contributed by atoms with van der Waals surface area (Å²) in [6.45, 7) is 0.425. The van der Waals surface area contributed by atoms with Gasteiger partial charge in [0.1, 0.15) is 0 Å². The van der Waals surface area contributed by atoms with Crippen LogP contribution in [0.25, 0.3) is 0 Å². The summed E-state index contributed by atoms with van der Waals surface area (Å²) in [4.78, 5) is 12.6. The third kappa shape index (κ3) is 3.26. The molecular weight excluding hydrogens is 254 g/mol. The molecule has 5 heteroatoms. The minimum absolute atomic E-state index is 0.142. The molecule has 104 valence electrons. The summed E-state index contributed by atoms with van der Waals surface area (Å²) in [5.74, 6) is 0. The Hall–Kier alpha value is -2.56. The summed E-state index contributed by atoms with van der Waals surface area (Å²) in [7, 11) is 3.95. The van der Waals surface area contributed by atoms with E-state index in [9.17, 15) is 10.1 Å². The third-order valence-corrected chi connectivity index (χ3v) is 3.03. The van der Waals surface area contributed by atoms with Crippen LogP contribution in [0, 0.1) is 10.1 Å². The Morgan fingerprint density at radius 2 is 1.90 bits per heavy atom. The van der Waals surface area contributed by atoms with Gasteiger partial charge in [0.05, 0.1) is 4.92 Å². The van der Waals surface area contributed by atoms with E-state index >= 15 is 0 Å². The molecule has 0 saturated carbocycles. The number of benzene rings is 2. The zero-order valence-corrected chi connectivity index (χ0v) is 11.5. The molecule has 0 aliphatic carbocycles. The molecule has 0 fully saturated rings. The van der Waals surface area contributed by atoms with Gasteiger partial charge in [0.2, 0.25) is 0 Å². The van der Waals surface area contributed by atoms with Gasteiger partial charge in [-0.05, 0) is 18.2 Å². The smallest absolute Gasteiger partial charge is 0.274 e. The van der Waals surface area contributed by atoms with Crippen molar-refractivity contribution in [3.63, 3.8) is 0 Å². The lowest BCUT2D eigenvalue weighted by atomic mass is 10.1. The van der Waals surface area contributed by atoms with Crippen LogP contribution in [-0.4, -0.2) is 19.0 Å². The van der Waals surface area contributed by atoms with Crippen molar-refractivity contribution in [2.75, 3.05) is 24.3 Å². The van der Waals surface area contributed by atoms with Gasteiger partial charge in [0, 0.05) is 43.6 Å². The van der Waals surface area contributed by atoms with E-state index in [1.54, 1.807) is 18.2 Å². The zero-order chi connectivity index (χ0) is 14.5. The molecule has 0 aliphatic rings. The van der Waals surface area contributed by atoms with E-state index < -0.39 is 0 Å². The van der Waals surface area contributed by atoms with Crippen LogP contribution in [-0.2, 0) is 6.54 Å². The zero-order valence-electron chi connectivity index (χ0n) is 11.5. The summed E-state index contributed by atoms with van der Waals surface area (Å²) in [5, 5.41) is 14.2. The Kier molecular flexibility index (Phi) is 4.20. The first kappa shape index (κ1) is 13.9. The van der Waals surface area contributed by atoms with Crippen LogP contribution in [0.15, 0.2) is 48.5 Å². The van der Waals surface area contributed by atoms with E-state index in [1.807, 2.05) is 43.3 Å². The highest BCUT2D eigenvalue weighted by atomic mass is 16.6. The third-order valence-electron chi connectivity index (χ3n) is 3.03. The van der Waals surface area contributed by atoms with Crippen molar-refractivity contribution in [2.45, 2.75) is 6.54 Å². The Morgan fingerprint density at radius 1 is 1.15 bits per heavy atom. The van der Waals surface area contributed by atoms with Crippen LogP contribution in [0.5, 0.6) is 0 Å². The predicted octanol–water partition coefficient (Wildman–Crippen LogP) is 3.27. The first-order valence-corrected chi connectivity index (χ1v) is 6.31. The molecule has 0 amide bonds. The van der Waals surface area contributed by atoms with E-state index in [4.69, 9.17) is 0 Å². The maximum atomic E-state index is 10.9. The van der Waals surface area contributed by atoms with Crippen molar-refractivity contribution < 1.29 is 4.92 Å². The van der Waals surface area contributed by atoms with E-state index in [-0.39, 0.29) is 10.6 Å². The normalized spacial score (nSPS) is 10.1. The van der Waals surface area contributed by atoms with Crippen LogP contribution in [0.4, 0.5) is 17.1 Å². The van der Waals surface area contributed by atoms with Gasteiger partial charge in [-0.25, -0.2) is 0 Å². The lowest BCUT2D eigenvalue weighted by molar-refractivity contribution is -0.385. The number of hydrogen-bond donors (Lipinski definition) is 1. The molecule has 0 radical (unpaired) electrons. The van der Waals surface area contributed by atoms with Crippen molar-refractivity contribution in [3.05, 3.63) is 64.2 Å². The van der Waals surface area contributed by atoms with Crippen molar-refractivity contribution in [1.29, 1.82) is 0 Å². The highest BCUT2D eigenvalue weighted by Crippen LogP contribution is 2.21. The second-order valence-electron chi connectivity index (χ2n) is 4.68. The van der Waals surface area contributed by atoms with Crippen LogP contribution < -0.4 is 10.2 Å². The molecule has 5 nitrogen and oxygen atoms in total. The largest absolute Gasteiger partial charge is 0.381 e. The molecule has 2 rings (SSSR count). The number of anilines is 2. The summed E-state index contributed by atoms with van der Waals surface area (Å²) in [5.41, 5.74) is 2.84. The van der Waals surface area contributed by atoms with Crippen LogP contribution >= 0.6 is 0 Å². The van der Waals surface area contributed by atoms with Crippen LogP contribution in [0.1, 0.15) is 5.56 Å². The summed E-state index contributed by atoms with van der Waals surface area (Å²) in [6.07, 6.45) is 0. The monoisotopic (exact) mass is 271 g/mol. The minimum Gasteiger partial charge on any atom is -0.381 e. The fourth-order valence-electron chi connectivity index (χ4n) is 1.93. The van der Waals surface area contributed by atoms with Gasteiger partial charge >= 0.3 is 0 Å². The Bertz CT molecular complexity index is 612. The second-order valence-corrected chi connectivity index (χ2v) is 4.68. The number of nitrogens with one attached hydrogen (secondary N) is 1. The molecule has 1 N–H and O–H groups in total. The van der Waals surface area contributed by atoms with Crippen LogP contribution in [0.3, 0.4) is 0 Å². The van der Waals surface area contributed by atoms with Gasteiger partial charge in [0.15, 0.2) is 0 Å². The maximum absolute atomic E-state index is 10.9. The first-order chi connectivity index (χ1) is 9.58. The molecule has 0 spiro atoms. The van der Waals surface area contributed by atoms with Crippen molar-refractivity contribution >= 4 is 17.1 Å². The topological polar surface area (TPSA) is 58.4 Å². The van der Waals surface area contributed by atoms with E-state index in [1.165, 1.54) is 6.07 Å². The molecular formula is C15H17N3O2. The molecule has 0 unspecified atom stereocenters. The highest BCUT2D eigenvalue weighted by Gasteiger charge is 2.11. The minimum atomic E-state index is -0.354. The number of rotatable bonds is 5. The lowest BCUT2D eigenvalue weighted by Gasteiger charge is -2.14. The number of nitro benzene ring substituents is 1. The Balaban J connectivity index is 2.13. The molecule has 2 aromatic carbocycles. The average molecular weight is 271 g/mol. The second kappa shape index (κ2) is 6.06. The van der Waals surface area contributed by atoms with E-state index in [0.29, 0.717) is 12.1 Å². The van der Waals surface area contributed by atoms with Crippen molar-refractivity contribution in [1.82, 2.24) is 0 Å². The van der Waals surface area contributed by atoms with Gasteiger partial charge in [-0.1, -0.05) is 24.3 Å². The predicted molar refractivity (Wildman–Crippen MR) is 81.2 cm³/mol. The molecule has 0 aromatic heterocycles. The molecule has 2 aromatic rings. The number of nitrogens with zero attached hydrogens (tertiary/aromatic N) is 2. The SMILES string of the molecule is CN(C)c1cccc(NCc2ccccc2[N+](=O)[O-])c1. The van der Waals surface area contributed by atoms with Gasteiger partial charge < -0.3 is 10.2 Å². The lowest BCUT2D eigenvalue weighted by Crippen LogP contribution is -2.09. The van der Waals surface area contributed by atoms with Crippen molar-refractivity contribution in [2.24, 2.45) is 0 Å². The first-order valence-electron chi connectivity index (χ1n) is 6.31. The molecule has 0 bridgehead atoms. The highest BCUT2D eigenvalue weighted by molar-refractivity contribution is 5.58. The number of nitro groups is 1. The van der Waals surface area contributed by atoms with E-state index in [0.717, 1.165) is 11.4 Å². The Labute approximate surface area is 118 Å². The summed E-state index contributed by atoms with van der Waals surface area (Å²) < 4.78 is 0. The molecule has 0 aliphatic heterocycles. The molecule has 20 heavy (non-hydrogen) atoms. The Morgan fingerprint density at radius 3 is 2.60 bits per heavy atom. The quantitative estimate of drug-likeness (QED) is 0.669. The van der Waals surface area contributed by atoms with Crippen LogP contribution in [0.2, 0.25) is 0 Å². The van der Waals surface area contributed by atoms with Gasteiger partial charge in [-0.2, -0.15) is 0 Å². The summed E-state index contributed by atoms with van der Waals surface area (Å²) >= 11 is 0. The molecule has 0 atom stereocenters. The van der Waals surface area contributed by atoms with Gasteiger partial charge in [-0.3, -0.25) is 10.1 Å². The number of hydrogen-bond acceptors (Lipinski definition) is 4. The maximum Gasteiger partial charge on any atom is 0.274 e. The fraction of sp³-hybridized carbons (Fsp3) is 0.200. The number of para-hydroxylation sites is 1. The fourth-order valence-corrected chi connectivity index (χ4v) is 1.93. The van der Waals surface area contributed by atoms with Crippen molar-refractivity contribution in [3.8, 4) is 0 Å². The standard InChI is InChI=1S/C15H17N3O2/c1-17(2)14-8-5-7-13(10-14)16-11-12-6-3-4-9-15(12)18(19)20/h3-10,16H,11H2,1-2H3. The summed E-state index contributed by atoms with van der Waals surface area (Å²) in [6, 6.07) is 14.7. The van der Waals surface area contributed by atoms with Gasteiger partial charge in [0.25, 0.3) is 5.69 Å². The average Bonchev–Trinajstić information content (AvgIpc) is 2.45.